The lowest BCUT2D eigenvalue weighted by atomic mass is 10.2. The van der Waals surface area contributed by atoms with Gasteiger partial charge < -0.3 is 15.4 Å². The van der Waals surface area contributed by atoms with Gasteiger partial charge >= 0.3 is 0 Å². The van der Waals surface area contributed by atoms with Crippen molar-refractivity contribution < 1.29 is 9.53 Å². The quantitative estimate of drug-likeness (QED) is 0.848. The molecule has 1 aliphatic heterocycles. The van der Waals surface area contributed by atoms with Crippen molar-refractivity contribution in [3.8, 4) is 0 Å². The molecule has 0 spiro atoms. The van der Waals surface area contributed by atoms with Crippen LogP contribution in [0.25, 0.3) is 0 Å². The zero-order valence-corrected chi connectivity index (χ0v) is 14.7. The van der Waals surface area contributed by atoms with E-state index in [1.807, 2.05) is 12.1 Å². The van der Waals surface area contributed by atoms with Crippen molar-refractivity contribution >= 4 is 36.4 Å². The Kier molecular flexibility index (Phi) is 9.64. The Labute approximate surface area is 144 Å². The second-order valence-electron chi connectivity index (χ2n) is 5.37. The van der Waals surface area contributed by atoms with Crippen LogP contribution in [0.3, 0.4) is 0 Å². The molecular formula is C15H25Cl2N3O2. The average Bonchev–Trinajstić information content (AvgIpc) is 2.76. The molecule has 1 aromatic carbocycles. The molecule has 1 aromatic rings. The minimum atomic E-state index is -0.0395. The van der Waals surface area contributed by atoms with E-state index in [0.29, 0.717) is 13.0 Å². The summed E-state index contributed by atoms with van der Waals surface area (Å²) in [5, 5.41) is 0. The fourth-order valence-corrected chi connectivity index (χ4v) is 2.40. The maximum Gasteiger partial charge on any atom is 0.228 e. The summed E-state index contributed by atoms with van der Waals surface area (Å²) in [6.07, 6.45) is 0.446. The molecule has 1 fully saturated rings. The van der Waals surface area contributed by atoms with E-state index < -0.39 is 0 Å². The number of nitrogens with two attached hydrogens (primary N) is 1. The highest BCUT2D eigenvalue weighted by Gasteiger charge is 2.27. The molecule has 0 aromatic heterocycles. The van der Waals surface area contributed by atoms with Crippen molar-refractivity contribution in [2.24, 2.45) is 5.73 Å². The monoisotopic (exact) mass is 349 g/mol. The predicted molar refractivity (Wildman–Crippen MR) is 94.1 cm³/mol. The molecule has 5 nitrogen and oxygen atoms in total. The maximum absolute atomic E-state index is 11.8. The van der Waals surface area contributed by atoms with Crippen molar-refractivity contribution in [2.75, 3.05) is 38.8 Å². The van der Waals surface area contributed by atoms with E-state index in [1.165, 1.54) is 5.56 Å². The highest BCUT2D eigenvalue weighted by Crippen LogP contribution is 2.21. The molecule has 2 rings (SSSR count). The smallest absolute Gasteiger partial charge is 0.228 e. The van der Waals surface area contributed by atoms with E-state index in [0.717, 1.165) is 25.4 Å². The zero-order valence-electron chi connectivity index (χ0n) is 13.0. The highest BCUT2D eigenvalue weighted by atomic mass is 35.5. The van der Waals surface area contributed by atoms with Crippen molar-refractivity contribution in [3.63, 3.8) is 0 Å². The molecule has 1 saturated heterocycles. The largest absolute Gasteiger partial charge is 0.383 e. The molecular weight excluding hydrogens is 325 g/mol. The maximum atomic E-state index is 11.8. The molecule has 126 valence electrons. The minimum absolute atomic E-state index is 0. The van der Waals surface area contributed by atoms with Gasteiger partial charge in [-0.25, -0.2) is 0 Å². The van der Waals surface area contributed by atoms with Crippen molar-refractivity contribution in [3.05, 3.63) is 29.8 Å². The second-order valence-corrected chi connectivity index (χ2v) is 5.37. The van der Waals surface area contributed by atoms with Gasteiger partial charge in [0, 0.05) is 44.9 Å². The van der Waals surface area contributed by atoms with Gasteiger partial charge in [-0.3, -0.25) is 9.69 Å². The summed E-state index contributed by atoms with van der Waals surface area (Å²) in [7, 11) is 3.77. The van der Waals surface area contributed by atoms with Gasteiger partial charge in [0.05, 0.1) is 6.61 Å². The van der Waals surface area contributed by atoms with E-state index >= 15 is 0 Å². The molecule has 1 heterocycles. The van der Waals surface area contributed by atoms with Crippen LogP contribution in [-0.4, -0.2) is 50.7 Å². The van der Waals surface area contributed by atoms with Crippen molar-refractivity contribution in [1.82, 2.24) is 4.90 Å². The fourth-order valence-electron chi connectivity index (χ4n) is 2.40. The highest BCUT2D eigenvalue weighted by molar-refractivity contribution is 5.96. The van der Waals surface area contributed by atoms with Crippen molar-refractivity contribution in [1.29, 1.82) is 0 Å². The molecule has 0 aliphatic carbocycles. The number of anilines is 1. The summed E-state index contributed by atoms with van der Waals surface area (Å²) >= 11 is 0. The van der Waals surface area contributed by atoms with Gasteiger partial charge in [0.25, 0.3) is 0 Å². The van der Waals surface area contributed by atoms with Gasteiger partial charge in [-0.2, -0.15) is 0 Å². The number of hydrogen-bond donors (Lipinski definition) is 1. The van der Waals surface area contributed by atoms with Crippen LogP contribution in [0.5, 0.6) is 0 Å². The SMILES string of the molecule is COCCN(C)Cc1ccc(N2CC(N)CC2=O)cc1.Cl.Cl. The molecule has 0 bridgehead atoms. The Morgan fingerprint density at radius 2 is 1.95 bits per heavy atom. The number of carbonyl (C=O) groups excluding carboxylic acids is 1. The molecule has 0 saturated carbocycles. The minimum Gasteiger partial charge on any atom is -0.383 e. The van der Waals surface area contributed by atoms with E-state index in [4.69, 9.17) is 10.5 Å². The number of benzene rings is 1. The molecule has 0 radical (unpaired) electrons. The van der Waals surface area contributed by atoms with Gasteiger partial charge in [0.15, 0.2) is 0 Å². The van der Waals surface area contributed by atoms with Crippen LogP contribution in [0.15, 0.2) is 24.3 Å². The van der Waals surface area contributed by atoms with Crippen LogP contribution < -0.4 is 10.6 Å². The number of hydrogen-bond acceptors (Lipinski definition) is 4. The third kappa shape index (κ3) is 5.74. The summed E-state index contributed by atoms with van der Waals surface area (Å²) in [5.74, 6) is 0.113. The molecule has 1 atom stereocenters. The first-order chi connectivity index (χ1) is 9.60. The lowest BCUT2D eigenvalue weighted by molar-refractivity contribution is -0.117. The summed E-state index contributed by atoms with van der Waals surface area (Å²) < 4.78 is 5.06. The van der Waals surface area contributed by atoms with Gasteiger partial charge in [-0.15, -0.1) is 24.8 Å². The number of rotatable bonds is 6. The Hall–Kier alpha value is -0.850. The van der Waals surface area contributed by atoms with Gasteiger partial charge in [-0.05, 0) is 24.7 Å². The van der Waals surface area contributed by atoms with E-state index in [1.54, 1.807) is 12.0 Å². The number of carbonyl (C=O) groups is 1. The topological polar surface area (TPSA) is 58.8 Å². The lowest BCUT2D eigenvalue weighted by Gasteiger charge is -2.18. The van der Waals surface area contributed by atoms with Crippen LogP contribution in [0, 0.1) is 0 Å². The molecule has 1 unspecified atom stereocenters. The molecule has 1 aliphatic rings. The van der Waals surface area contributed by atoms with Crippen LogP contribution in [0.1, 0.15) is 12.0 Å². The number of ether oxygens (including phenoxy) is 1. The Bertz CT molecular complexity index is 457. The van der Waals surface area contributed by atoms with E-state index in [9.17, 15) is 4.79 Å². The first kappa shape index (κ1) is 21.1. The predicted octanol–water partition coefficient (Wildman–Crippen LogP) is 1.67. The zero-order chi connectivity index (χ0) is 14.5. The Morgan fingerprint density at radius 1 is 1.32 bits per heavy atom. The van der Waals surface area contributed by atoms with Crippen LogP contribution in [-0.2, 0) is 16.1 Å². The molecule has 2 N–H and O–H groups in total. The van der Waals surface area contributed by atoms with E-state index in [2.05, 4.69) is 24.1 Å². The lowest BCUT2D eigenvalue weighted by Crippen LogP contribution is -2.28. The van der Waals surface area contributed by atoms with Gasteiger partial charge in [0.2, 0.25) is 5.91 Å². The third-order valence-corrected chi connectivity index (χ3v) is 3.53. The summed E-state index contributed by atoms with van der Waals surface area (Å²) in [6, 6.07) is 8.08. The van der Waals surface area contributed by atoms with Gasteiger partial charge in [-0.1, -0.05) is 12.1 Å². The number of amides is 1. The van der Waals surface area contributed by atoms with Crippen molar-refractivity contribution in [2.45, 2.75) is 19.0 Å². The molecule has 7 heteroatoms. The molecule has 22 heavy (non-hydrogen) atoms. The number of nitrogens with zero attached hydrogens (tertiary/aromatic N) is 2. The third-order valence-electron chi connectivity index (χ3n) is 3.53. The van der Waals surface area contributed by atoms with Gasteiger partial charge in [0.1, 0.15) is 0 Å². The summed E-state index contributed by atoms with van der Waals surface area (Å²) in [5.41, 5.74) is 7.98. The first-order valence-corrected chi connectivity index (χ1v) is 6.92. The number of likely N-dealkylation sites (N-methyl/N-ethyl adjacent to an activating group) is 1. The number of halogens is 2. The van der Waals surface area contributed by atoms with Crippen LogP contribution in [0.2, 0.25) is 0 Å². The van der Waals surface area contributed by atoms with Crippen LogP contribution in [0.4, 0.5) is 5.69 Å². The Balaban J connectivity index is 0.00000220. The summed E-state index contributed by atoms with van der Waals surface area (Å²) in [4.78, 5) is 15.8. The standard InChI is InChI=1S/C15H23N3O2.2ClH/c1-17(7-8-20-2)10-12-3-5-14(6-4-12)18-11-13(16)9-15(18)19;;/h3-6,13H,7-11,16H2,1-2H3;2*1H. The normalized spacial score (nSPS) is 17.4. The first-order valence-electron chi connectivity index (χ1n) is 6.92. The average molecular weight is 350 g/mol. The van der Waals surface area contributed by atoms with E-state index in [-0.39, 0.29) is 36.8 Å². The molecule has 1 amide bonds. The summed E-state index contributed by atoms with van der Waals surface area (Å²) in [6.45, 7) is 3.12. The Morgan fingerprint density at radius 3 is 2.45 bits per heavy atom. The second kappa shape index (κ2) is 10.0. The number of methoxy groups -OCH3 is 1. The van der Waals surface area contributed by atoms with Crippen LogP contribution >= 0.6 is 24.8 Å². The fraction of sp³-hybridized carbons (Fsp3) is 0.533.